The molecular weight excluding hydrogens is 534 g/mol. The zero-order valence-electron chi connectivity index (χ0n) is 23.6. The van der Waals surface area contributed by atoms with E-state index >= 15 is 0 Å². The summed E-state index contributed by atoms with van der Waals surface area (Å²) in [6, 6.07) is 14.9. The number of nitrogens with zero attached hydrogens (tertiary/aromatic N) is 3. The minimum Gasteiger partial charge on any atom is -0.338 e. The van der Waals surface area contributed by atoms with E-state index in [0.717, 1.165) is 11.1 Å². The van der Waals surface area contributed by atoms with Gasteiger partial charge in [0.05, 0.1) is 22.9 Å². The lowest BCUT2D eigenvalue weighted by Crippen LogP contribution is -2.51. The number of hydrogen-bond acceptors (Lipinski definition) is 4. The van der Waals surface area contributed by atoms with Gasteiger partial charge in [0, 0.05) is 32.2 Å². The van der Waals surface area contributed by atoms with Crippen molar-refractivity contribution >= 4 is 33.4 Å². The van der Waals surface area contributed by atoms with Crippen LogP contribution in [0.4, 0.5) is 0 Å². The minimum atomic E-state index is -3.54. The van der Waals surface area contributed by atoms with Gasteiger partial charge >= 0.3 is 0 Å². The minimum absolute atomic E-state index is 0.0265. The van der Waals surface area contributed by atoms with Gasteiger partial charge in [-0.3, -0.25) is 9.59 Å². The predicted molar refractivity (Wildman–Crippen MR) is 157 cm³/mol. The fraction of sp³-hybridized carbons (Fsp3) is 0.533. The van der Waals surface area contributed by atoms with E-state index in [-0.39, 0.29) is 30.2 Å². The first-order valence-corrected chi connectivity index (χ1v) is 15.9. The normalized spacial score (nSPS) is 14.7. The van der Waals surface area contributed by atoms with Crippen molar-refractivity contribution in [2.45, 2.75) is 66.0 Å². The second-order valence-electron chi connectivity index (χ2n) is 10.8. The van der Waals surface area contributed by atoms with Gasteiger partial charge in [0.2, 0.25) is 15.9 Å². The molecule has 0 saturated carbocycles. The Balaban J connectivity index is 1.81. The molecule has 1 aliphatic heterocycles. The molecule has 0 spiro atoms. The van der Waals surface area contributed by atoms with Crippen LogP contribution in [0.15, 0.2) is 48.5 Å². The third-order valence-electron chi connectivity index (χ3n) is 7.34. The number of hydrogen-bond donors (Lipinski definition) is 0. The molecule has 0 aromatic heterocycles. The van der Waals surface area contributed by atoms with E-state index < -0.39 is 10.0 Å². The van der Waals surface area contributed by atoms with Crippen LogP contribution in [0.5, 0.6) is 0 Å². The molecule has 214 valence electrons. The molecule has 39 heavy (non-hydrogen) atoms. The quantitative estimate of drug-likeness (QED) is 0.341. The molecule has 1 fully saturated rings. The van der Waals surface area contributed by atoms with Crippen molar-refractivity contribution in [1.29, 1.82) is 0 Å². The highest BCUT2D eigenvalue weighted by atomic mass is 35.5. The number of likely N-dealkylation sites (tertiary alicyclic amines) is 1. The van der Waals surface area contributed by atoms with Gasteiger partial charge in [-0.05, 0) is 61.8 Å². The van der Waals surface area contributed by atoms with Gasteiger partial charge in [-0.2, -0.15) is 4.31 Å². The Morgan fingerprint density at radius 3 is 2.31 bits per heavy atom. The lowest BCUT2D eigenvalue weighted by Gasteiger charge is -2.39. The maximum Gasteiger partial charge on any atom is 0.255 e. The first-order chi connectivity index (χ1) is 18.5. The molecule has 2 amide bonds. The van der Waals surface area contributed by atoms with Crippen LogP contribution in [0.25, 0.3) is 0 Å². The molecule has 0 radical (unpaired) electrons. The number of benzene rings is 2. The van der Waals surface area contributed by atoms with E-state index in [0.29, 0.717) is 68.4 Å². The molecule has 0 atom stereocenters. The SMILES string of the molecule is CCCS(=O)(=O)N(CCC(C)C)CC(=O)N(Cc1ccccc1C)C1CCN(C(=O)c2ccccc2Cl)CC1. The van der Waals surface area contributed by atoms with Crippen molar-refractivity contribution in [3.8, 4) is 0 Å². The van der Waals surface area contributed by atoms with E-state index in [1.165, 1.54) is 4.31 Å². The van der Waals surface area contributed by atoms with Crippen molar-refractivity contribution in [3.63, 3.8) is 0 Å². The van der Waals surface area contributed by atoms with Crippen LogP contribution in [-0.2, 0) is 21.4 Å². The smallest absolute Gasteiger partial charge is 0.255 e. The van der Waals surface area contributed by atoms with Crippen molar-refractivity contribution in [2.75, 3.05) is 31.9 Å². The van der Waals surface area contributed by atoms with Crippen LogP contribution >= 0.6 is 11.6 Å². The maximum absolute atomic E-state index is 13.9. The summed E-state index contributed by atoms with van der Waals surface area (Å²) in [5, 5.41) is 0.427. The number of carbonyl (C=O) groups is 2. The number of piperidine rings is 1. The molecule has 1 saturated heterocycles. The highest BCUT2D eigenvalue weighted by molar-refractivity contribution is 7.89. The lowest BCUT2D eigenvalue weighted by atomic mass is 10.00. The zero-order chi connectivity index (χ0) is 28.6. The molecule has 1 aliphatic rings. The van der Waals surface area contributed by atoms with E-state index in [9.17, 15) is 18.0 Å². The number of sulfonamides is 1. The molecule has 2 aromatic rings. The number of amides is 2. The van der Waals surface area contributed by atoms with Crippen LogP contribution < -0.4 is 0 Å². The van der Waals surface area contributed by atoms with Crippen LogP contribution in [0.1, 0.15) is 67.9 Å². The van der Waals surface area contributed by atoms with E-state index in [2.05, 4.69) is 13.8 Å². The molecule has 0 bridgehead atoms. The van der Waals surface area contributed by atoms with Crippen molar-refractivity contribution in [3.05, 3.63) is 70.2 Å². The summed E-state index contributed by atoms with van der Waals surface area (Å²) in [4.78, 5) is 30.6. The largest absolute Gasteiger partial charge is 0.338 e. The molecule has 0 N–H and O–H groups in total. The van der Waals surface area contributed by atoms with Crippen molar-refractivity contribution < 1.29 is 18.0 Å². The van der Waals surface area contributed by atoms with Gasteiger partial charge in [-0.15, -0.1) is 0 Å². The third kappa shape index (κ3) is 8.53. The number of halogens is 1. The Morgan fingerprint density at radius 2 is 1.69 bits per heavy atom. The number of aryl methyl sites for hydroxylation is 1. The first kappa shape index (κ1) is 31.1. The van der Waals surface area contributed by atoms with Gasteiger partial charge in [-0.1, -0.05) is 68.8 Å². The van der Waals surface area contributed by atoms with Crippen molar-refractivity contribution in [1.82, 2.24) is 14.1 Å². The average Bonchev–Trinajstić information content (AvgIpc) is 2.90. The Morgan fingerprint density at radius 1 is 1.05 bits per heavy atom. The molecule has 3 rings (SSSR count). The Bertz CT molecular complexity index is 1230. The second kappa shape index (κ2) is 14.3. The van der Waals surface area contributed by atoms with E-state index in [1.54, 1.807) is 29.2 Å². The molecular formula is C30H42ClN3O4S. The van der Waals surface area contributed by atoms with Gasteiger partial charge in [0.1, 0.15) is 0 Å². The summed E-state index contributed by atoms with van der Waals surface area (Å²) in [6.07, 6.45) is 2.42. The second-order valence-corrected chi connectivity index (χ2v) is 13.3. The van der Waals surface area contributed by atoms with Crippen LogP contribution in [-0.4, -0.2) is 72.3 Å². The molecule has 1 heterocycles. The number of carbonyl (C=O) groups excluding carboxylic acids is 2. The average molecular weight is 576 g/mol. The van der Waals surface area contributed by atoms with Crippen LogP contribution in [0, 0.1) is 12.8 Å². The lowest BCUT2D eigenvalue weighted by molar-refractivity contribution is -0.135. The van der Waals surface area contributed by atoms with Crippen LogP contribution in [0.3, 0.4) is 0 Å². The number of rotatable bonds is 12. The maximum atomic E-state index is 13.9. The highest BCUT2D eigenvalue weighted by Gasteiger charge is 2.33. The molecule has 7 nitrogen and oxygen atoms in total. The fourth-order valence-corrected chi connectivity index (χ4v) is 6.61. The third-order valence-corrected chi connectivity index (χ3v) is 9.69. The Labute approximate surface area is 239 Å². The summed E-state index contributed by atoms with van der Waals surface area (Å²) >= 11 is 6.26. The van der Waals surface area contributed by atoms with Crippen LogP contribution in [0.2, 0.25) is 5.02 Å². The van der Waals surface area contributed by atoms with Gasteiger partial charge in [-0.25, -0.2) is 8.42 Å². The monoisotopic (exact) mass is 575 g/mol. The molecule has 2 aromatic carbocycles. The molecule has 0 unspecified atom stereocenters. The Kier molecular flexibility index (Phi) is 11.4. The summed E-state index contributed by atoms with van der Waals surface area (Å²) < 4.78 is 27.5. The summed E-state index contributed by atoms with van der Waals surface area (Å²) in [6.45, 7) is 9.51. The summed E-state index contributed by atoms with van der Waals surface area (Å²) in [7, 11) is -3.54. The van der Waals surface area contributed by atoms with Gasteiger partial charge in [0.25, 0.3) is 5.91 Å². The molecule has 9 heteroatoms. The fourth-order valence-electron chi connectivity index (χ4n) is 4.92. The predicted octanol–water partition coefficient (Wildman–Crippen LogP) is 5.37. The molecule has 0 aliphatic carbocycles. The first-order valence-electron chi connectivity index (χ1n) is 13.9. The highest BCUT2D eigenvalue weighted by Crippen LogP contribution is 2.24. The Hall–Kier alpha value is -2.42. The van der Waals surface area contributed by atoms with Gasteiger partial charge < -0.3 is 9.80 Å². The van der Waals surface area contributed by atoms with E-state index in [1.807, 2.05) is 43.0 Å². The summed E-state index contributed by atoms with van der Waals surface area (Å²) in [5.74, 6) is 0.0417. The van der Waals surface area contributed by atoms with E-state index in [4.69, 9.17) is 11.6 Å². The topological polar surface area (TPSA) is 78.0 Å². The zero-order valence-corrected chi connectivity index (χ0v) is 25.2. The standard InChI is InChI=1S/C30H42ClN3O4S/c1-5-20-39(37,38)33(19-14-23(2)3)22-29(35)34(21-25-11-7-6-10-24(25)4)26-15-17-32(18-16-26)30(36)27-12-8-9-13-28(27)31/h6-13,23,26H,5,14-22H2,1-4H3. The summed E-state index contributed by atoms with van der Waals surface area (Å²) in [5.41, 5.74) is 2.59. The van der Waals surface area contributed by atoms with Gasteiger partial charge in [0.15, 0.2) is 0 Å². The van der Waals surface area contributed by atoms with Crippen molar-refractivity contribution in [2.24, 2.45) is 5.92 Å².